The molecule has 1 aliphatic heterocycles. The highest BCUT2D eigenvalue weighted by atomic mass is 35.5. The van der Waals surface area contributed by atoms with E-state index in [-0.39, 0.29) is 11.8 Å². The zero-order chi connectivity index (χ0) is 17.2. The van der Waals surface area contributed by atoms with Gasteiger partial charge in [0.05, 0.1) is 5.92 Å². The van der Waals surface area contributed by atoms with Crippen molar-refractivity contribution in [2.75, 3.05) is 6.54 Å². The fourth-order valence-electron chi connectivity index (χ4n) is 2.92. The third-order valence-corrected chi connectivity index (χ3v) is 4.48. The minimum atomic E-state index is -0.0807. The smallest absolute Gasteiger partial charge is 0.232 e. The van der Waals surface area contributed by atoms with Gasteiger partial charge in [-0.2, -0.15) is 4.98 Å². The second-order valence-corrected chi connectivity index (χ2v) is 6.43. The Morgan fingerprint density at radius 3 is 2.68 bits per heavy atom. The molecule has 3 heterocycles. The lowest BCUT2D eigenvalue weighted by Gasteiger charge is -2.16. The van der Waals surface area contributed by atoms with Gasteiger partial charge in [0, 0.05) is 42.5 Å². The predicted molar refractivity (Wildman–Crippen MR) is 91.8 cm³/mol. The highest BCUT2D eigenvalue weighted by Gasteiger charge is 2.34. The van der Waals surface area contributed by atoms with Gasteiger partial charge < -0.3 is 9.42 Å². The van der Waals surface area contributed by atoms with Crippen LogP contribution in [0.15, 0.2) is 53.3 Å². The van der Waals surface area contributed by atoms with Gasteiger partial charge in [0.15, 0.2) is 0 Å². The van der Waals surface area contributed by atoms with Crippen LogP contribution in [0.4, 0.5) is 0 Å². The van der Waals surface area contributed by atoms with Crippen molar-refractivity contribution >= 4 is 17.5 Å². The maximum atomic E-state index is 12.3. The second kappa shape index (κ2) is 6.64. The first-order valence-corrected chi connectivity index (χ1v) is 8.33. The summed E-state index contributed by atoms with van der Waals surface area (Å²) in [5, 5.41) is 4.70. The monoisotopic (exact) mass is 354 g/mol. The zero-order valence-corrected chi connectivity index (χ0v) is 14.1. The number of carbonyl (C=O) groups is 1. The van der Waals surface area contributed by atoms with E-state index in [1.54, 1.807) is 12.4 Å². The molecule has 1 fully saturated rings. The van der Waals surface area contributed by atoms with Crippen LogP contribution in [0.3, 0.4) is 0 Å². The molecule has 4 rings (SSSR count). The summed E-state index contributed by atoms with van der Waals surface area (Å²) in [7, 11) is 0. The molecule has 0 radical (unpaired) electrons. The Kier molecular flexibility index (Phi) is 4.19. The number of carbonyl (C=O) groups excluding carboxylic acids is 1. The topological polar surface area (TPSA) is 72.1 Å². The quantitative estimate of drug-likeness (QED) is 0.718. The van der Waals surface area contributed by atoms with Crippen molar-refractivity contribution in [1.29, 1.82) is 0 Å². The van der Waals surface area contributed by atoms with Crippen LogP contribution < -0.4 is 0 Å². The highest BCUT2D eigenvalue weighted by Crippen LogP contribution is 2.29. The molecule has 6 nitrogen and oxygen atoms in total. The molecular formula is C18H15ClN4O2. The van der Waals surface area contributed by atoms with Crippen molar-refractivity contribution in [1.82, 2.24) is 20.0 Å². The van der Waals surface area contributed by atoms with Gasteiger partial charge in [-0.25, -0.2) is 0 Å². The second-order valence-electron chi connectivity index (χ2n) is 5.99. The average molecular weight is 355 g/mol. The summed E-state index contributed by atoms with van der Waals surface area (Å²) in [6.07, 6.45) is 3.74. The van der Waals surface area contributed by atoms with Gasteiger partial charge in [0.25, 0.3) is 0 Å². The Balaban J connectivity index is 1.47. The number of rotatable bonds is 4. The van der Waals surface area contributed by atoms with E-state index in [1.807, 2.05) is 41.3 Å². The molecule has 1 aliphatic rings. The molecule has 1 saturated heterocycles. The highest BCUT2D eigenvalue weighted by molar-refractivity contribution is 6.30. The molecule has 1 aromatic carbocycles. The Bertz CT molecular complexity index is 880. The third kappa shape index (κ3) is 3.39. The van der Waals surface area contributed by atoms with Crippen molar-refractivity contribution in [3.63, 3.8) is 0 Å². The van der Waals surface area contributed by atoms with Crippen molar-refractivity contribution < 1.29 is 9.32 Å². The largest absolute Gasteiger partial charge is 0.339 e. The number of likely N-dealkylation sites (tertiary alicyclic amines) is 1. The number of amides is 1. The molecule has 0 bridgehead atoms. The van der Waals surface area contributed by atoms with Gasteiger partial charge in [-0.15, -0.1) is 0 Å². The predicted octanol–water partition coefficient (Wildman–Crippen LogP) is 3.30. The summed E-state index contributed by atoms with van der Waals surface area (Å²) < 4.78 is 5.39. The first kappa shape index (κ1) is 15.8. The molecular weight excluding hydrogens is 340 g/mol. The number of hydrogen-bond acceptors (Lipinski definition) is 5. The van der Waals surface area contributed by atoms with Gasteiger partial charge in [-0.3, -0.25) is 9.78 Å². The molecule has 7 heteroatoms. The van der Waals surface area contributed by atoms with E-state index in [1.165, 1.54) is 0 Å². The van der Waals surface area contributed by atoms with Gasteiger partial charge in [-0.05, 0) is 29.8 Å². The van der Waals surface area contributed by atoms with Crippen LogP contribution in [0.2, 0.25) is 5.02 Å². The van der Waals surface area contributed by atoms with E-state index in [0.717, 1.165) is 11.1 Å². The van der Waals surface area contributed by atoms with Gasteiger partial charge in [0.2, 0.25) is 17.6 Å². The van der Waals surface area contributed by atoms with Crippen LogP contribution in [0, 0.1) is 0 Å². The molecule has 1 unspecified atom stereocenters. The summed E-state index contributed by atoms with van der Waals surface area (Å²) in [6, 6.07) is 11.2. The molecule has 0 aliphatic carbocycles. The van der Waals surface area contributed by atoms with Crippen LogP contribution in [-0.2, 0) is 11.3 Å². The number of hydrogen-bond donors (Lipinski definition) is 0. The van der Waals surface area contributed by atoms with Crippen molar-refractivity contribution in [3.05, 3.63) is 65.3 Å². The first-order chi connectivity index (χ1) is 12.2. The third-order valence-electron chi connectivity index (χ3n) is 4.23. The lowest BCUT2D eigenvalue weighted by molar-refractivity contribution is -0.128. The molecule has 0 saturated carbocycles. The number of halogens is 1. The maximum absolute atomic E-state index is 12.3. The Morgan fingerprint density at radius 1 is 1.16 bits per heavy atom. The van der Waals surface area contributed by atoms with Crippen LogP contribution >= 0.6 is 11.6 Å². The van der Waals surface area contributed by atoms with Crippen molar-refractivity contribution in [2.45, 2.75) is 18.9 Å². The lowest BCUT2D eigenvalue weighted by Crippen LogP contribution is -2.24. The summed E-state index contributed by atoms with van der Waals surface area (Å²) in [5.74, 6) is 1.02. The zero-order valence-electron chi connectivity index (χ0n) is 13.3. The van der Waals surface area contributed by atoms with Crippen molar-refractivity contribution in [2.24, 2.45) is 0 Å². The van der Waals surface area contributed by atoms with E-state index in [2.05, 4.69) is 15.1 Å². The SMILES string of the molecule is O=C1CC(c2nc(-c3ccncc3)no2)CN1Cc1ccc(Cl)cc1. The van der Waals surface area contributed by atoms with Crippen molar-refractivity contribution in [3.8, 4) is 11.4 Å². The van der Waals surface area contributed by atoms with E-state index >= 15 is 0 Å². The minimum absolute atomic E-state index is 0.0807. The summed E-state index contributed by atoms with van der Waals surface area (Å²) >= 11 is 5.90. The standard InChI is InChI=1S/C18H15ClN4O2/c19-15-3-1-12(2-4-15)10-23-11-14(9-16(23)24)18-21-17(22-25-18)13-5-7-20-8-6-13/h1-8,14H,9-11H2. The van der Waals surface area contributed by atoms with Gasteiger partial charge in [-0.1, -0.05) is 28.9 Å². The Labute approximate surface area is 149 Å². The fourth-order valence-corrected chi connectivity index (χ4v) is 3.05. The normalized spacial score (nSPS) is 17.2. The van der Waals surface area contributed by atoms with E-state index in [4.69, 9.17) is 16.1 Å². The van der Waals surface area contributed by atoms with Gasteiger partial charge in [0.1, 0.15) is 0 Å². The summed E-state index contributed by atoms with van der Waals surface area (Å²) in [4.78, 5) is 22.5. The van der Waals surface area contributed by atoms with Crippen LogP contribution in [-0.4, -0.2) is 32.5 Å². The summed E-state index contributed by atoms with van der Waals surface area (Å²) in [6.45, 7) is 1.12. The number of nitrogens with zero attached hydrogens (tertiary/aromatic N) is 4. The Morgan fingerprint density at radius 2 is 1.92 bits per heavy atom. The molecule has 3 aromatic rings. The maximum Gasteiger partial charge on any atom is 0.232 e. The molecule has 1 amide bonds. The number of benzene rings is 1. The molecule has 0 spiro atoms. The Hall–Kier alpha value is -2.73. The minimum Gasteiger partial charge on any atom is -0.339 e. The molecule has 0 N–H and O–H groups in total. The van der Waals surface area contributed by atoms with E-state index in [9.17, 15) is 4.79 Å². The molecule has 1 atom stereocenters. The fraction of sp³-hybridized carbons (Fsp3) is 0.222. The van der Waals surface area contributed by atoms with Gasteiger partial charge >= 0.3 is 0 Å². The lowest BCUT2D eigenvalue weighted by atomic mass is 10.1. The summed E-state index contributed by atoms with van der Waals surface area (Å²) in [5.41, 5.74) is 1.88. The molecule has 25 heavy (non-hydrogen) atoms. The molecule has 2 aromatic heterocycles. The van der Waals surface area contributed by atoms with Crippen LogP contribution in [0.25, 0.3) is 11.4 Å². The first-order valence-electron chi connectivity index (χ1n) is 7.95. The molecule has 126 valence electrons. The number of pyridine rings is 1. The van der Waals surface area contributed by atoms with Crippen LogP contribution in [0.5, 0.6) is 0 Å². The average Bonchev–Trinajstić information content (AvgIpc) is 3.25. The van der Waals surface area contributed by atoms with E-state index in [0.29, 0.717) is 36.2 Å². The van der Waals surface area contributed by atoms with E-state index < -0.39 is 0 Å². The number of aromatic nitrogens is 3. The van der Waals surface area contributed by atoms with Crippen LogP contribution in [0.1, 0.15) is 23.8 Å².